The van der Waals surface area contributed by atoms with Gasteiger partial charge in [0.05, 0.1) is 16.9 Å². The molecule has 0 radical (unpaired) electrons. The highest BCUT2D eigenvalue weighted by Crippen LogP contribution is 2.24. The number of aromatic carboxylic acids is 1. The molecule has 0 saturated carbocycles. The van der Waals surface area contributed by atoms with E-state index in [0.29, 0.717) is 11.6 Å². The number of carboxylic acid groups (broad SMARTS) is 1. The van der Waals surface area contributed by atoms with E-state index in [1.807, 2.05) is 7.05 Å². The van der Waals surface area contributed by atoms with E-state index in [1.165, 1.54) is 6.07 Å². The van der Waals surface area contributed by atoms with Crippen LogP contribution in [0.3, 0.4) is 0 Å². The van der Waals surface area contributed by atoms with Crippen LogP contribution in [0, 0.1) is 5.92 Å². The largest absolute Gasteiger partial charge is 0.478 e. The van der Waals surface area contributed by atoms with Gasteiger partial charge in [0.25, 0.3) is 0 Å². The van der Waals surface area contributed by atoms with Crippen LogP contribution < -0.4 is 10.6 Å². The Morgan fingerprint density at radius 2 is 2.18 bits per heavy atom. The minimum absolute atomic E-state index is 0.225. The number of nitrogens with zero attached hydrogens (tertiary/aromatic N) is 1. The van der Waals surface area contributed by atoms with Crippen LogP contribution in [-0.4, -0.2) is 24.7 Å². The fourth-order valence-electron chi connectivity index (χ4n) is 1.73. The van der Waals surface area contributed by atoms with Crippen LogP contribution in [0.25, 0.3) is 0 Å². The second-order valence-corrected chi connectivity index (χ2v) is 4.47. The van der Waals surface area contributed by atoms with E-state index in [0.717, 1.165) is 18.7 Å². The molecule has 1 atom stereocenters. The van der Waals surface area contributed by atoms with Crippen molar-refractivity contribution in [2.75, 3.05) is 24.2 Å². The molecule has 94 valence electrons. The lowest BCUT2D eigenvalue weighted by Gasteiger charge is -2.24. The summed E-state index contributed by atoms with van der Waals surface area (Å²) in [5.41, 5.74) is 7.49. The van der Waals surface area contributed by atoms with Crippen molar-refractivity contribution in [2.45, 2.75) is 20.3 Å². The monoisotopic (exact) mass is 236 g/mol. The molecule has 0 aliphatic carbocycles. The number of rotatable bonds is 5. The van der Waals surface area contributed by atoms with E-state index in [1.54, 1.807) is 12.1 Å². The Kier molecular flexibility index (Phi) is 4.37. The molecule has 0 saturated heterocycles. The maximum Gasteiger partial charge on any atom is 0.335 e. The molecule has 0 heterocycles. The van der Waals surface area contributed by atoms with Gasteiger partial charge in [-0.3, -0.25) is 0 Å². The lowest BCUT2D eigenvalue weighted by molar-refractivity contribution is 0.0697. The average Bonchev–Trinajstić information content (AvgIpc) is 2.28. The van der Waals surface area contributed by atoms with Gasteiger partial charge in [0.2, 0.25) is 0 Å². The minimum atomic E-state index is -0.951. The lowest BCUT2D eigenvalue weighted by Crippen LogP contribution is -2.24. The molecule has 1 aromatic rings. The highest BCUT2D eigenvalue weighted by atomic mass is 16.4. The normalized spacial score (nSPS) is 12.2. The lowest BCUT2D eigenvalue weighted by atomic mass is 10.1. The number of carboxylic acids is 1. The topological polar surface area (TPSA) is 66.6 Å². The number of nitrogen functional groups attached to an aromatic ring is 1. The third-order valence-electron chi connectivity index (χ3n) is 2.97. The van der Waals surface area contributed by atoms with Gasteiger partial charge >= 0.3 is 5.97 Å². The number of anilines is 2. The first kappa shape index (κ1) is 13.4. The molecular weight excluding hydrogens is 216 g/mol. The number of hydrogen-bond acceptors (Lipinski definition) is 3. The summed E-state index contributed by atoms with van der Waals surface area (Å²) < 4.78 is 0. The summed E-state index contributed by atoms with van der Waals surface area (Å²) in [4.78, 5) is 12.9. The zero-order valence-corrected chi connectivity index (χ0v) is 10.6. The molecule has 1 aromatic carbocycles. The van der Waals surface area contributed by atoms with Gasteiger partial charge in [-0.1, -0.05) is 20.3 Å². The van der Waals surface area contributed by atoms with Crippen LogP contribution in [-0.2, 0) is 0 Å². The summed E-state index contributed by atoms with van der Waals surface area (Å²) in [6, 6.07) is 4.85. The average molecular weight is 236 g/mol. The molecule has 4 heteroatoms. The summed E-state index contributed by atoms with van der Waals surface area (Å²) in [5, 5.41) is 8.85. The summed E-state index contributed by atoms with van der Waals surface area (Å²) in [5.74, 6) is -0.369. The van der Waals surface area contributed by atoms with Crippen molar-refractivity contribution in [3.05, 3.63) is 23.8 Å². The molecule has 17 heavy (non-hydrogen) atoms. The summed E-state index contributed by atoms with van der Waals surface area (Å²) in [6.45, 7) is 5.24. The van der Waals surface area contributed by atoms with Crippen molar-refractivity contribution in [3.63, 3.8) is 0 Å². The smallest absolute Gasteiger partial charge is 0.335 e. The predicted octanol–water partition coefficient (Wildman–Crippen LogP) is 2.45. The van der Waals surface area contributed by atoms with Crippen LogP contribution >= 0.6 is 0 Å². The third kappa shape index (κ3) is 3.37. The third-order valence-corrected chi connectivity index (χ3v) is 2.97. The Balaban J connectivity index is 2.88. The van der Waals surface area contributed by atoms with Crippen molar-refractivity contribution >= 4 is 17.3 Å². The Hall–Kier alpha value is -1.71. The number of benzene rings is 1. The van der Waals surface area contributed by atoms with Crippen molar-refractivity contribution in [1.82, 2.24) is 0 Å². The molecule has 1 rings (SSSR count). The Labute approximate surface area is 102 Å². The van der Waals surface area contributed by atoms with Crippen LogP contribution in [0.15, 0.2) is 18.2 Å². The maximum absolute atomic E-state index is 10.8. The number of nitrogens with two attached hydrogens (primary N) is 1. The highest BCUT2D eigenvalue weighted by Gasteiger charge is 2.11. The van der Waals surface area contributed by atoms with Gasteiger partial charge in [0.1, 0.15) is 0 Å². The molecule has 0 aromatic heterocycles. The van der Waals surface area contributed by atoms with Gasteiger partial charge in [-0.2, -0.15) is 0 Å². The minimum Gasteiger partial charge on any atom is -0.478 e. The van der Waals surface area contributed by atoms with Gasteiger partial charge in [-0.25, -0.2) is 4.79 Å². The van der Waals surface area contributed by atoms with Crippen LogP contribution in [0.2, 0.25) is 0 Å². The second-order valence-electron chi connectivity index (χ2n) is 4.47. The van der Waals surface area contributed by atoms with E-state index < -0.39 is 5.97 Å². The maximum atomic E-state index is 10.8. The van der Waals surface area contributed by atoms with Gasteiger partial charge in [-0.15, -0.1) is 0 Å². The van der Waals surface area contributed by atoms with E-state index in [-0.39, 0.29) is 5.56 Å². The first-order valence-electron chi connectivity index (χ1n) is 5.79. The Morgan fingerprint density at radius 3 is 2.65 bits per heavy atom. The van der Waals surface area contributed by atoms with Gasteiger partial charge in [-0.05, 0) is 24.1 Å². The van der Waals surface area contributed by atoms with Gasteiger partial charge in [0, 0.05) is 13.6 Å². The summed E-state index contributed by atoms with van der Waals surface area (Å²) >= 11 is 0. The molecule has 0 aliphatic heterocycles. The van der Waals surface area contributed by atoms with Crippen molar-refractivity contribution in [2.24, 2.45) is 5.92 Å². The summed E-state index contributed by atoms with van der Waals surface area (Å²) in [7, 11) is 1.97. The van der Waals surface area contributed by atoms with Gasteiger partial charge in [0.15, 0.2) is 0 Å². The van der Waals surface area contributed by atoms with Crippen molar-refractivity contribution in [1.29, 1.82) is 0 Å². The molecule has 3 N–H and O–H groups in total. The SMILES string of the molecule is CCC(C)CN(C)c1ccc(C(=O)O)cc1N. The van der Waals surface area contributed by atoms with Crippen molar-refractivity contribution in [3.8, 4) is 0 Å². The molecular formula is C13H20N2O2. The Morgan fingerprint density at radius 1 is 1.53 bits per heavy atom. The van der Waals surface area contributed by atoms with E-state index in [9.17, 15) is 4.79 Å². The van der Waals surface area contributed by atoms with Crippen LogP contribution in [0.1, 0.15) is 30.6 Å². The van der Waals surface area contributed by atoms with E-state index in [2.05, 4.69) is 18.7 Å². The fourth-order valence-corrected chi connectivity index (χ4v) is 1.73. The van der Waals surface area contributed by atoms with E-state index >= 15 is 0 Å². The molecule has 0 aliphatic rings. The Bertz CT molecular complexity index is 404. The quantitative estimate of drug-likeness (QED) is 0.771. The van der Waals surface area contributed by atoms with Crippen LogP contribution in [0.5, 0.6) is 0 Å². The molecule has 0 amide bonds. The summed E-state index contributed by atoms with van der Waals surface area (Å²) in [6.07, 6.45) is 1.11. The zero-order valence-electron chi connectivity index (χ0n) is 10.6. The van der Waals surface area contributed by atoms with Crippen LogP contribution in [0.4, 0.5) is 11.4 Å². The molecule has 1 unspecified atom stereocenters. The molecule has 0 bridgehead atoms. The fraction of sp³-hybridized carbons (Fsp3) is 0.462. The molecule has 4 nitrogen and oxygen atoms in total. The zero-order chi connectivity index (χ0) is 13.0. The first-order valence-corrected chi connectivity index (χ1v) is 5.79. The first-order chi connectivity index (χ1) is 7.95. The van der Waals surface area contributed by atoms with Crippen molar-refractivity contribution < 1.29 is 9.90 Å². The number of hydrogen-bond donors (Lipinski definition) is 2. The molecule has 0 fully saturated rings. The van der Waals surface area contributed by atoms with Gasteiger partial charge < -0.3 is 15.7 Å². The molecule has 0 spiro atoms. The number of carbonyl (C=O) groups is 1. The highest BCUT2D eigenvalue weighted by molar-refractivity contribution is 5.90. The van der Waals surface area contributed by atoms with E-state index in [4.69, 9.17) is 10.8 Å². The predicted molar refractivity (Wildman–Crippen MR) is 70.5 cm³/mol. The standard InChI is InChI=1S/C13H20N2O2/c1-4-9(2)8-15(3)12-6-5-10(13(16)17)7-11(12)14/h5-7,9H,4,8,14H2,1-3H3,(H,16,17). The second kappa shape index (κ2) is 5.57.